The minimum atomic E-state index is -1.14. The van der Waals surface area contributed by atoms with Gasteiger partial charge in [-0.3, -0.25) is 9.59 Å². The molecule has 0 radical (unpaired) electrons. The number of ether oxygens (including phenoxy) is 1. The van der Waals surface area contributed by atoms with Crippen molar-refractivity contribution in [1.29, 1.82) is 0 Å². The molecular weight excluding hydrogens is 456 g/mol. The van der Waals surface area contributed by atoms with Crippen molar-refractivity contribution in [3.05, 3.63) is 71.8 Å². The second kappa shape index (κ2) is 13.9. The van der Waals surface area contributed by atoms with Crippen molar-refractivity contribution in [2.75, 3.05) is 6.54 Å². The molecule has 0 fully saturated rings. The molecule has 2 amide bonds. The van der Waals surface area contributed by atoms with Crippen LogP contribution in [0.2, 0.25) is 0 Å². The van der Waals surface area contributed by atoms with Crippen LogP contribution >= 0.6 is 15.9 Å². The Morgan fingerprint density at radius 3 is 1.97 bits per heavy atom. The van der Waals surface area contributed by atoms with Crippen LogP contribution in [0.15, 0.2) is 60.7 Å². The fourth-order valence-corrected chi connectivity index (χ4v) is 2.22. The number of carbonyl (C=O) groups excluding carboxylic acids is 3. The second-order valence-corrected chi connectivity index (χ2v) is 7.15. The lowest BCUT2D eigenvalue weighted by Crippen LogP contribution is -2.46. The van der Waals surface area contributed by atoms with Gasteiger partial charge in [0.15, 0.2) is 4.69 Å². The number of alkyl carbamates (subject to hydrolysis) is 1. The first kappa shape index (κ1) is 24.8. The Kier molecular flexibility index (Phi) is 11.5. The van der Waals surface area contributed by atoms with Crippen molar-refractivity contribution < 1.29 is 29.0 Å². The van der Waals surface area contributed by atoms with Crippen LogP contribution in [0.1, 0.15) is 18.1 Å². The van der Waals surface area contributed by atoms with E-state index in [0.29, 0.717) is 0 Å². The number of aliphatic carboxylic acids is 1. The minimum Gasteiger partial charge on any atom is -0.480 e. The van der Waals surface area contributed by atoms with Crippen molar-refractivity contribution in [3.8, 4) is 0 Å². The van der Waals surface area contributed by atoms with Gasteiger partial charge in [-0.05, 0) is 27.1 Å². The zero-order chi connectivity index (χ0) is 22.4. The smallest absolute Gasteiger partial charge is 0.407 e. The topological polar surface area (TPSA) is 122 Å². The number of halogens is 1. The van der Waals surface area contributed by atoms with Gasteiger partial charge >= 0.3 is 12.1 Å². The summed E-state index contributed by atoms with van der Waals surface area (Å²) in [5, 5.41) is 13.9. The van der Waals surface area contributed by atoms with Crippen molar-refractivity contribution in [2.45, 2.75) is 26.0 Å². The highest BCUT2D eigenvalue weighted by Crippen LogP contribution is 2.03. The normalized spacial score (nSPS) is 10.6. The monoisotopic (exact) mass is 478 g/mol. The molecule has 0 aromatic heterocycles. The van der Waals surface area contributed by atoms with Gasteiger partial charge in [-0.2, -0.15) is 0 Å². The molecule has 3 N–H and O–H groups in total. The van der Waals surface area contributed by atoms with E-state index in [1.165, 1.54) is 6.92 Å². The number of carboxylic acid groups (broad SMARTS) is 1. The van der Waals surface area contributed by atoms with E-state index < -0.39 is 24.0 Å². The summed E-state index contributed by atoms with van der Waals surface area (Å²) in [7, 11) is 0. The number of amides is 2. The average Bonchev–Trinajstić information content (AvgIpc) is 2.71. The van der Waals surface area contributed by atoms with Gasteiger partial charge in [0, 0.05) is 13.3 Å². The van der Waals surface area contributed by atoms with Gasteiger partial charge in [-0.15, -0.1) is 0 Å². The van der Waals surface area contributed by atoms with Crippen LogP contribution < -0.4 is 10.6 Å². The highest BCUT2D eigenvalue weighted by Gasteiger charge is 2.20. The Morgan fingerprint density at radius 1 is 0.967 bits per heavy atom. The third kappa shape index (κ3) is 11.6. The van der Waals surface area contributed by atoms with Crippen molar-refractivity contribution in [1.82, 2.24) is 10.6 Å². The molecule has 8 nitrogen and oxygen atoms in total. The Morgan fingerprint density at radius 2 is 1.47 bits per heavy atom. The van der Waals surface area contributed by atoms with E-state index in [9.17, 15) is 24.3 Å². The van der Waals surface area contributed by atoms with Crippen LogP contribution in [-0.2, 0) is 32.1 Å². The number of carbonyl (C=O) groups is 4. The van der Waals surface area contributed by atoms with Gasteiger partial charge in [0.25, 0.3) is 0 Å². The van der Waals surface area contributed by atoms with Crippen molar-refractivity contribution in [2.24, 2.45) is 0 Å². The van der Waals surface area contributed by atoms with Crippen molar-refractivity contribution >= 4 is 38.6 Å². The Labute approximate surface area is 182 Å². The lowest BCUT2D eigenvalue weighted by Gasteiger charge is -2.15. The standard InChI is InChI=1S/C19H20N2O5.C2H3BrO/c22-17(12-20-19(25)26-13-15-9-5-2-6-10-15)21-16(18(23)24)11-14-7-3-1-4-8-14;1-2(3)4/h1-10,16H,11-13H2,(H,20,25)(H,21,22)(H,23,24);1H3/t16-;/m0./s1. The largest absolute Gasteiger partial charge is 0.480 e. The van der Waals surface area contributed by atoms with E-state index in [0.717, 1.165) is 11.1 Å². The summed E-state index contributed by atoms with van der Waals surface area (Å²) in [6.45, 7) is 1.16. The number of nitrogens with one attached hydrogen (secondary N) is 2. The fraction of sp³-hybridized carbons (Fsp3) is 0.238. The molecule has 0 spiro atoms. The fourth-order valence-electron chi connectivity index (χ4n) is 2.22. The Bertz CT molecular complexity index is 826. The molecule has 0 aliphatic heterocycles. The maximum Gasteiger partial charge on any atom is 0.407 e. The summed E-state index contributed by atoms with van der Waals surface area (Å²) < 4.78 is 4.96. The average molecular weight is 479 g/mol. The highest BCUT2D eigenvalue weighted by atomic mass is 79.9. The molecule has 1 atom stereocenters. The van der Waals surface area contributed by atoms with Crippen molar-refractivity contribution in [3.63, 3.8) is 0 Å². The van der Waals surface area contributed by atoms with E-state index in [2.05, 4.69) is 26.6 Å². The maximum atomic E-state index is 11.9. The lowest BCUT2D eigenvalue weighted by atomic mass is 10.1. The van der Waals surface area contributed by atoms with Gasteiger partial charge in [-0.25, -0.2) is 9.59 Å². The summed E-state index contributed by atoms with van der Waals surface area (Å²) in [4.78, 5) is 44.2. The number of rotatable bonds is 8. The van der Waals surface area contributed by atoms with Gasteiger partial charge in [0.05, 0.1) is 0 Å². The van der Waals surface area contributed by atoms with Gasteiger partial charge in [-0.1, -0.05) is 60.7 Å². The molecule has 0 aliphatic rings. The molecule has 0 saturated carbocycles. The molecule has 30 heavy (non-hydrogen) atoms. The Hall–Kier alpha value is -3.20. The van der Waals surface area contributed by atoms with Crippen LogP contribution in [0.5, 0.6) is 0 Å². The molecule has 0 heterocycles. The van der Waals surface area contributed by atoms with E-state index in [4.69, 9.17) is 4.74 Å². The molecule has 2 aromatic carbocycles. The third-order valence-corrected chi connectivity index (χ3v) is 3.52. The van der Waals surface area contributed by atoms with Gasteiger partial charge in [0.1, 0.15) is 19.2 Å². The number of benzene rings is 2. The van der Waals surface area contributed by atoms with E-state index in [1.54, 1.807) is 36.4 Å². The molecule has 0 saturated heterocycles. The molecule has 9 heteroatoms. The summed E-state index contributed by atoms with van der Waals surface area (Å²) in [5.74, 6) is -1.75. The number of carboxylic acids is 1. The first-order valence-electron chi connectivity index (χ1n) is 8.94. The quantitative estimate of drug-likeness (QED) is 0.501. The maximum absolute atomic E-state index is 11.9. The van der Waals surface area contributed by atoms with E-state index in [1.807, 2.05) is 24.3 Å². The summed E-state index contributed by atoms with van der Waals surface area (Å²) in [6, 6.07) is 17.0. The molecular formula is C21H23BrN2O6. The molecule has 2 aromatic rings. The van der Waals surface area contributed by atoms with Crippen LogP contribution in [0.4, 0.5) is 4.79 Å². The molecule has 0 unspecified atom stereocenters. The molecule has 0 bridgehead atoms. The van der Waals surface area contributed by atoms with Gasteiger partial charge < -0.3 is 20.5 Å². The molecule has 0 aliphatic carbocycles. The Balaban J connectivity index is 0.00000103. The highest BCUT2D eigenvalue weighted by molar-refractivity contribution is 9.18. The number of hydrogen-bond acceptors (Lipinski definition) is 5. The zero-order valence-corrected chi connectivity index (χ0v) is 17.9. The SMILES string of the molecule is CC(=O)Br.O=C(CNC(=O)OCc1ccccc1)N[C@@H](Cc1ccccc1)C(=O)O. The summed E-state index contributed by atoms with van der Waals surface area (Å²) in [6.07, 6.45) is -0.598. The summed E-state index contributed by atoms with van der Waals surface area (Å²) >= 11 is 2.63. The minimum absolute atomic E-state index is 0.0208. The van der Waals surface area contributed by atoms with Crippen LogP contribution in [0, 0.1) is 0 Å². The predicted octanol–water partition coefficient (Wildman–Crippen LogP) is 2.65. The zero-order valence-electron chi connectivity index (χ0n) is 16.3. The van der Waals surface area contributed by atoms with Crippen LogP contribution in [0.3, 0.4) is 0 Å². The van der Waals surface area contributed by atoms with Crippen LogP contribution in [-0.4, -0.2) is 40.4 Å². The number of hydrogen-bond donors (Lipinski definition) is 3. The first-order valence-corrected chi connectivity index (χ1v) is 9.74. The van der Waals surface area contributed by atoms with E-state index in [-0.39, 0.29) is 24.3 Å². The third-order valence-electron chi connectivity index (χ3n) is 3.52. The summed E-state index contributed by atoms with van der Waals surface area (Å²) in [5.41, 5.74) is 1.61. The first-order chi connectivity index (χ1) is 14.3. The predicted molar refractivity (Wildman–Crippen MR) is 114 cm³/mol. The van der Waals surface area contributed by atoms with Gasteiger partial charge in [0.2, 0.25) is 5.91 Å². The van der Waals surface area contributed by atoms with Crippen LogP contribution in [0.25, 0.3) is 0 Å². The lowest BCUT2D eigenvalue weighted by molar-refractivity contribution is -0.141. The van der Waals surface area contributed by atoms with E-state index >= 15 is 0 Å². The molecule has 160 valence electrons. The second-order valence-electron chi connectivity index (χ2n) is 6.03. The molecule has 2 rings (SSSR count).